The first-order chi connectivity index (χ1) is 6.74. The summed E-state index contributed by atoms with van der Waals surface area (Å²) in [4.78, 5) is 0. The fraction of sp³-hybridized carbons (Fsp3) is 0.429. The molecule has 3 radical (unpaired) electrons. The zero-order valence-corrected chi connectivity index (χ0v) is 15.2. The van der Waals surface area contributed by atoms with Crippen molar-refractivity contribution in [3.63, 3.8) is 0 Å². The first-order valence-corrected chi connectivity index (χ1v) is 5.05. The van der Waals surface area contributed by atoms with Crippen LogP contribution in [0.4, 0.5) is 0 Å². The molecule has 0 aliphatic carbocycles. The zero-order valence-electron chi connectivity index (χ0n) is 11.0. The van der Waals surface area contributed by atoms with E-state index < -0.39 is 0 Å². The minimum atomic E-state index is 0. The van der Waals surface area contributed by atoms with Crippen molar-refractivity contribution < 1.29 is 55.7 Å². The van der Waals surface area contributed by atoms with Crippen LogP contribution in [0.3, 0.4) is 0 Å². The maximum atomic E-state index is 5.09. The van der Waals surface area contributed by atoms with E-state index >= 15 is 0 Å². The molecule has 0 aromatic rings. The Morgan fingerprint density at radius 3 is 1.53 bits per heavy atom. The Morgan fingerprint density at radius 2 is 1.47 bits per heavy atom. The second kappa shape index (κ2) is 54.4. The van der Waals surface area contributed by atoms with Crippen LogP contribution < -0.4 is 0 Å². The Bertz CT molecular complexity index is 121. The van der Waals surface area contributed by atoms with Crippen LogP contribution in [-0.2, 0) is 55.7 Å². The van der Waals surface area contributed by atoms with E-state index in [0.29, 0.717) is 0 Å². The van der Waals surface area contributed by atoms with Crippen molar-refractivity contribution in [3.05, 3.63) is 51.3 Å². The quantitative estimate of drug-likeness (QED) is 0.509. The van der Waals surface area contributed by atoms with E-state index in [-0.39, 0.29) is 55.7 Å². The van der Waals surface area contributed by atoms with Crippen molar-refractivity contribution in [1.29, 1.82) is 0 Å². The second-order valence-electron chi connectivity index (χ2n) is 2.49. The number of allylic oxidation sites excluding steroid dienone is 4. The largest absolute Gasteiger partial charge is 2.00 e. The van der Waals surface area contributed by atoms with Gasteiger partial charge in [0.2, 0.25) is 0 Å². The molecule has 0 bridgehead atoms. The van der Waals surface area contributed by atoms with Gasteiger partial charge in [-0.1, -0.05) is 33.1 Å². The van der Waals surface area contributed by atoms with Crippen molar-refractivity contribution in [2.24, 2.45) is 0 Å². The van der Waals surface area contributed by atoms with Crippen LogP contribution in [0.15, 0.2) is 24.3 Å². The van der Waals surface area contributed by atoms with Gasteiger partial charge in [0.25, 0.3) is 0 Å². The summed E-state index contributed by atoms with van der Waals surface area (Å²) in [6.07, 6.45) is 11.4. The molecule has 0 nitrogen and oxygen atoms in total. The fourth-order valence-electron chi connectivity index (χ4n) is 0.489. The minimum Gasteiger partial charge on any atom is -0.549 e. The van der Waals surface area contributed by atoms with E-state index in [1.165, 1.54) is 18.9 Å². The van der Waals surface area contributed by atoms with Gasteiger partial charge in [-0.15, -0.1) is 6.42 Å². The monoisotopic (exact) mass is 345 g/mol. The van der Waals surface area contributed by atoms with E-state index in [9.17, 15) is 0 Å². The molecule has 0 aromatic heterocycles. The molecule has 0 unspecified atom stereocenters. The summed E-state index contributed by atoms with van der Waals surface area (Å²) >= 11 is 0. The molecule has 0 rings (SSSR count). The molecule has 3 heteroatoms. The summed E-state index contributed by atoms with van der Waals surface area (Å²) in [6, 6.07) is 0. The summed E-state index contributed by atoms with van der Waals surface area (Å²) in [5.74, 6) is 0. The Balaban J connectivity index is -0.0000000256. The molecule has 0 saturated carbocycles. The molecule has 95 valence electrons. The molecular formula is C14H24V3. The van der Waals surface area contributed by atoms with Gasteiger partial charge < -0.3 is 26.2 Å². The molecule has 0 aliphatic rings. The Kier molecular flexibility index (Phi) is 115. The van der Waals surface area contributed by atoms with E-state index in [1.54, 1.807) is 12.2 Å². The molecule has 0 atom stereocenters. The maximum Gasteiger partial charge on any atom is 2.00 e. The normalized spacial score (nSPS) is 6.47. The number of hydrogen-bond donors (Lipinski definition) is 0. The molecule has 0 aromatic carbocycles. The molecule has 0 saturated heterocycles. The van der Waals surface area contributed by atoms with Gasteiger partial charge in [-0.2, -0.15) is 0 Å². The van der Waals surface area contributed by atoms with Gasteiger partial charge in [-0.05, 0) is 0 Å². The first kappa shape index (κ1) is 36.1. The van der Waals surface area contributed by atoms with Crippen LogP contribution in [0.2, 0.25) is 0 Å². The first-order valence-electron chi connectivity index (χ1n) is 5.05. The van der Waals surface area contributed by atoms with Gasteiger partial charge in [0.05, 0.1) is 0 Å². The third-order valence-corrected chi connectivity index (χ3v) is 1.13. The molecule has 0 amide bonds. The molecule has 0 heterocycles. The van der Waals surface area contributed by atoms with Crippen molar-refractivity contribution in [2.45, 2.75) is 39.5 Å². The summed E-state index contributed by atoms with van der Waals surface area (Å²) in [5, 5.41) is 0. The van der Waals surface area contributed by atoms with E-state index in [2.05, 4.69) is 34.3 Å². The Labute approximate surface area is 145 Å². The average molecular weight is 345 g/mol. The van der Waals surface area contributed by atoms with E-state index in [1.807, 2.05) is 6.08 Å². The SMILES string of the molecule is [CH-]=CCCCC.[CH-]=C[CH2-].[CH2-]/C=C/CC.[V+2].[V+2].[V]. The van der Waals surface area contributed by atoms with E-state index in [4.69, 9.17) is 6.58 Å². The van der Waals surface area contributed by atoms with Crippen molar-refractivity contribution in [3.8, 4) is 0 Å². The molecule has 17 heavy (non-hydrogen) atoms. The topological polar surface area (TPSA) is 0 Å². The number of unbranched alkanes of at least 4 members (excludes halogenated alkanes) is 2. The molecule has 0 N–H and O–H groups in total. The summed E-state index contributed by atoms with van der Waals surface area (Å²) in [7, 11) is 0. The van der Waals surface area contributed by atoms with Crippen molar-refractivity contribution in [1.82, 2.24) is 0 Å². The molecule has 0 aliphatic heterocycles. The third-order valence-electron chi connectivity index (χ3n) is 1.13. The Hall–Kier alpha value is 0.713. The average Bonchev–Trinajstić information content (AvgIpc) is 2.18. The van der Waals surface area contributed by atoms with Gasteiger partial charge in [0.1, 0.15) is 0 Å². The van der Waals surface area contributed by atoms with Crippen LogP contribution >= 0.6 is 0 Å². The summed E-state index contributed by atoms with van der Waals surface area (Å²) < 4.78 is 0. The number of hydrogen-bond acceptors (Lipinski definition) is 0. The van der Waals surface area contributed by atoms with Gasteiger partial charge >= 0.3 is 37.1 Å². The summed E-state index contributed by atoms with van der Waals surface area (Å²) in [6.45, 7) is 20.6. The van der Waals surface area contributed by atoms with Gasteiger partial charge in [0, 0.05) is 18.6 Å². The van der Waals surface area contributed by atoms with Crippen molar-refractivity contribution >= 4 is 0 Å². The minimum absolute atomic E-state index is 0. The van der Waals surface area contributed by atoms with Gasteiger partial charge in [-0.3, -0.25) is 6.08 Å². The standard InChI is InChI=1S/C6H11.C5H9.C3H4.3V/c1-3-5-6-4-2;1-3-5-4-2;1-3-2;;;/h1,3H,4-6H2,2H3;3,5H,1,4H2,2H3;1,3H,2H2;;;/q2*-1;-2;;2*+2/b;5-3+;;;;. The Morgan fingerprint density at radius 1 is 1.06 bits per heavy atom. The smallest absolute Gasteiger partial charge is 0.549 e. The molecule has 0 fully saturated rings. The number of rotatable bonds is 4. The maximum absolute atomic E-state index is 5.09. The zero-order chi connectivity index (χ0) is 11.7. The molecule has 0 spiro atoms. The summed E-state index contributed by atoms with van der Waals surface area (Å²) in [5.41, 5.74) is 0. The van der Waals surface area contributed by atoms with E-state index in [0.717, 1.165) is 12.8 Å². The predicted octanol–water partition coefficient (Wildman–Crippen LogP) is 4.75. The van der Waals surface area contributed by atoms with Crippen LogP contribution in [0.1, 0.15) is 39.5 Å². The van der Waals surface area contributed by atoms with Crippen LogP contribution in [0.5, 0.6) is 0 Å². The van der Waals surface area contributed by atoms with Gasteiger partial charge in [0.15, 0.2) is 0 Å². The molecular weight excluding hydrogens is 321 g/mol. The van der Waals surface area contributed by atoms with Gasteiger partial charge in [-0.25, -0.2) is 19.1 Å². The fourth-order valence-corrected chi connectivity index (χ4v) is 0.489. The third kappa shape index (κ3) is 111. The predicted molar refractivity (Wildman–Crippen MR) is 67.4 cm³/mol. The van der Waals surface area contributed by atoms with Crippen LogP contribution in [0.25, 0.3) is 0 Å². The van der Waals surface area contributed by atoms with Crippen LogP contribution in [-0.4, -0.2) is 0 Å². The second-order valence-corrected chi connectivity index (χ2v) is 2.49. The van der Waals surface area contributed by atoms with Crippen LogP contribution in [0, 0.1) is 27.0 Å². The van der Waals surface area contributed by atoms with Crippen molar-refractivity contribution in [2.75, 3.05) is 0 Å².